The van der Waals surface area contributed by atoms with Crippen LogP contribution in [-0.4, -0.2) is 32.0 Å². The smallest absolute Gasteiger partial charge is 0.414 e. The minimum atomic E-state index is -0.437. The molecular formula is C13H11Cl2NO3. The Labute approximate surface area is 121 Å². The molecule has 1 heterocycles. The fourth-order valence-electron chi connectivity index (χ4n) is 1.72. The molecule has 6 heteroatoms. The average molecular weight is 300 g/mol. The number of rotatable bonds is 4. The van der Waals surface area contributed by atoms with Crippen molar-refractivity contribution >= 4 is 35.0 Å². The molecule has 100 valence electrons. The second-order valence-electron chi connectivity index (χ2n) is 3.93. The number of amides is 1. The number of hydrogen-bond donors (Lipinski definition) is 0. The number of benzene rings is 1. The van der Waals surface area contributed by atoms with Crippen LogP contribution in [0.5, 0.6) is 0 Å². The lowest BCUT2D eigenvalue weighted by Crippen LogP contribution is -2.25. The maximum Gasteiger partial charge on any atom is 0.414 e. The van der Waals surface area contributed by atoms with Gasteiger partial charge in [-0.3, -0.25) is 4.90 Å². The van der Waals surface area contributed by atoms with Crippen LogP contribution in [0.4, 0.5) is 10.5 Å². The van der Waals surface area contributed by atoms with Crippen LogP contribution in [0.1, 0.15) is 0 Å². The summed E-state index contributed by atoms with van der Waals surface area (Å²) >= 11 is 11.8. The maximum absolute atomic E-state index is 11.7. The Bertz CT molecular complexity index is 527. The van der Waals surface area contributed by atoms with Crippen molar-refractivity contribution in [1.82, 2.24) is 0 Å². The fourth-order valence-corrected chi connectivity index (χ4v) is 2.01. The number of nitrogens with zero attached hydrogens (tertiary/aromatic N) is 1. The van der Waals surface area contributed by atoms with E-state index in [1.54, 1.807) is 18.2 Å². The van der Waals surface area contributed by atoms with Crippen molar-refractivity contribution < 1.29 is 14.3 Å². The van der Waals surface area contributed by atoms with Gasteiger partial charge >= 0.3 is 6.09 Å². The van der Waals surface area contributed by atoms with Crippen LogP contribution >= 0.6 is 23.2 Å². The fraction of sp³-hybridized carbons (Fsp3) is 0.308. The third-order valence-electron chi connectivity index (χ3n) is 2.58. The molecule has 0 aromatic heterocycles. The predicted molar refractivity (Wildman–Crippen MR) is 73.7 cm³/mol. The summed E-state index contributed by atoms with van der Waals surface area (Å²) in [7, 11) is 0. The summed E-state index contributed by atoms with van der Waals surface area (Å²) < 4.78 is 10.3. The van der Waals surface area contributed by atoms with Crippen LogP contribution in [0.2, 0.25) is 10.0 Å². The van der Waals surface area contributed by atoms with Crippen molar-refractivity contribution in [1.29, 1.82) is 0 Å². The van der Waals surface area contributed by atoms with Gasteiger partial charge in [-0.15, -0.1) is 6.42 Å². The van der Waals surface area contributed by atoms with Gasteiger partial charge in [0.25, 0.3) is 0 Å². The minimum Gasteiger partial charge on any atom is -0.441 e. The van der Waals surface area contributed by atoms with Gasteiger partial charge in [0, 0.05) is 5.69 Å². The molecule has 1 amide bonds. The Hall–Kier alpha value is -1.41. The van der Waals surface area contributed by atoms with E-state index in [9.17, 15) is 4.79 Å². The van der Waals surface area contributed by atoms with Gasteiger partial charge in [-0.2, -0.15) is 0 Å². The highest BCUT2D eigenvalue weighted by Gasteiger charge is 2.32. The van der Waals surface area contributed by atoms with Gasteiger partial charge in [-0.05, 0) is 18.2 Å². The normalized spacial score (nSPS) is 18.3. The van der Waals surface area contributed by atoms with Gasteiger partial charge in [-0.1, -0.05) is 29.1 Å². The first-order valence-corrected chi connectivity index (χ1v) is 6.32. The zero-order valence-corrected chi connectivity index (χ0v) is 11.4. The molecule has 1 atom stereocenters. The first-order chi connectivity index (χ1) is 9.11. The predicted octanol–water partition coefficient (Wildman–Crippen LogP) is 2.97. The topological polar surface area (TPSA) is 38.8 Å². The number of terminal acetylenes is 1. The second kappa shape index (κ2) is 6.16. The largest absolute Gasteiger partial charge is 0.441 e. The number of ether oxygens (including phenoxy) is 2. The van der Waals surface area contributed by atoms with Crippen molar-refractivity contribution in [3.8, 4) is 12.3 Å². The lowest BCUT2D eigenvalue weighted by molar-refractivity contribution is 0.0598. The van der Waals surface area contributed by atoms with Gasteiger partial charge in [0.1, 0.15) is 12.7 Å². The third kappa shape index (κ3) is 3.32. The average Bonchev–Trinajstić information content (AvgIpc) is 2.74. The Morgan fingerprint density at radius 2 is 2.26 bits per heavy atom. The number of cyclic esters (lactones) is 1. The molecule has 1 aromatic rings. The molecule has 0 aliphatic carbocycles. The third-order valence-corrected chi connectivity index (χ3v) is 3.32. The van der Waals surface area contributed by atoms with Crippen molar-refractivity contribution in [3.63, 3.8) is 0 Å². The number of carbonyl (C=O) groups is 1. The van der Waals surface area contributed by atoms with Gasteiger partial charge in [0.05, 0.1) is 23.2 Å². The summed E-state index contributed by atoms with van der Waals surface area (Å²) in [5, 5.41) is 0.825. The first-order valence-electron chi connectivity index (χ1n) is 5.56. The molecule has 0 N–H and O–H groups in total. The molecule has 0 radical (unpaired) electrons. The van der Waals surface area contributed by atoms with Gasteiger partial charge in [0.2, 0.25) is 0 Å². The molecule has 0 spiro atoms. The van der Waals surface area contributed by atoms with E-state index in [1.165, 1.54) is 4.90 Å². The van der Waals surface area contributed by atoms with Gasteiger partial charge < -0.3 is 9.47 Å². The molecule has 0 bridgehead atoms. The van der Waals surface area contributed by atoms with Crippen molar-refractivity contribution in [2.75, 3.05) is 24.7 Å². The molecule has 1 saturated heterocycles. The van der Waals surface area contributed by atoms with Crippen LogP contribution in [0.15, 0.2) is 18.2 Å². The van der Waals surface area contributed by atoms with E-state index >= 15 is 0 Å². The Kier molecular flexibility index (Phi) is 4.54. The van der Waals surface area contributed by atoms with E-state index in [-0.39, 0.29) is 19.3 Å². The summed E-state index contributed by atoms with van der Waals surface area (Å²) in [6.45, 7) is 0.857. The molecule has 1 aromatic carbocycles. The standard InChI is InChI=1S/C13H11Cl2NO3/c1-2-5-18-8-10-7-16(13(17)19-10)9-3-4-11(14)12(15)6-9/h1,3-4,6,10H,5,7-8H2. The van der Waals surface area contributed by atoms with Crippen molar-refractivity contribution in [2.24, 2.45) is 0 Å². The Morgan fingerprint density at radius 1 is 1.47 bits per heavy atom. The maximum atomic E-state index is 11.7. The molecule has 1 unspecified atom stereocenters. The molecule has 1 fully saturated rings. The van der Waals surface area contributed by atoms with Crippen LogP contribution < -0.4 is 4.90 Å². The molecule has 19 heavy (non-hydrogen) atoms. The summed E-state index contributed by atoms with van der Waals surface area (Å²) in [6.07, 6.45) is 4.29. The summed E-state index contributed by atoms with van der Waals surface area (Å²) in [6, 6.07) is 4.96. The molecular weight excluding hydrogens is 289 g/mol. The number of anilines is 1. The monoisotopic (exact) mass is 299 g/mol. The number of hydrogen-bond acceptors (Lipinski definition) is 3. The van der Waals surface area contributed by atoms with Gasteiger partial charge in [-0.25, -0.2) is 4.79 Å². The lowest BCUT2D eigenvalue weighted by Gasteiger charge is -2.13. The highest BCUT2D eigenvalue weighted by atomic mass is 35.5. The zero-order chi connectivity index (χ0) is 13.8. The molecule has 1 aliphatic heterocycles. The quantitative estimate of drug-likeness (QED) is 0.634. The van der Waals surface area contributed by atoms with Crippen LogP contribution in [0.25, 0.3) is 0 Å². The second-order valence-corrected chi connectivity index (χ2v) is 4.75. The Balaban J connectivity index is 2.03. The highest BCUT2D eigenvalue weighted by Crippen LogP contribution is 2.29. The number of halogens is 2. The molecule has 1 aliphatic rings. The zero-order valence-electron chi connectivity index (χ0n) is 9.94. The van der Waals surface area contributed by atoms with E-state index in [2.05, 4.69) is 5.92 Å². The van der Waals surface area contributed by atoms with Gasteiger partial charge in [0.15, 0.2) is 0 Å². The van der Waals surface area contributed by atoms with Crippen LogP contribution in [-0.2, 0) is 9.47 Å². The first kappa shape index (κ1) is 14.0. The molecule has 0 saturated carbocycles. The van der Waals surface area contributed by atoms with E-state index in [1.807, 2.05) is 0 Å². The SMILES string of the molecule is C#CCOCC1CN(c2ccc(Cl)c(Cl)c2)C(=O)O1. The van der Waals surface area contributed by atoms with Crippen LogP contribution in [0, 0.1) is 12.3 Å². The summed E-state index contributed by atoms with van der Waals surface area (Å²) in [5.74, 6) is 2.35. The van der Waals surface area contributed by atoms with Crippen LogP contribution in [0.3, 0.4) is 0 Å². The summed E-state index contributed by atoms with van der Waals surface area (Å²) in [5.41, 5.74) is 0.638. The number of carbonyl (C=O) groups excluding carboxylic acids is 1. The Morgan fingerprint density at radius 3 is 2.95 bits per heavy atom. The van der Waals surface area contributed by atoms with E-state index < -0.39 is 6.09 Å². The van der Waals surface area contributed by atoms with Crippen molar-refractivity contribution in [2.45, 2.75) is 6.10 Å². The van der Waals surface area contributed by atoms with Crippen molar-refractivity contribution in [3.05, 3.63) is 28.2 Å². The van der Waals surface area contributed by atoms with E-state index in [4.69, 9.17) is 39.1 Å². The lowest BCUT2D eigenvalue weighted by atomic mass is 10.3. The molecule has 2 rings (SSSR count). The van der Waals surface area contributed by atoms with E-state index in [0.717, 1.165) is 0 Å². The molecule has 4 nitrogen and oxygen atoms in total. The highest BCUT2D eigenvalue weighted by molar-refractivity contribution is 6.42. The minimum absolute atomic E-state index is 0.195. The summed E-state index contributed by atoms with van der Waals surface area (Å²) in [4.78, 5) is 13.2. The van der Waals surface area contributed by atoms with E-state index in [0.29, 0.717) is 22.3 Å².